The van der Waals surface area contributed by atoms with Crippen LogP contribution in [0.15, 0.2) is 0 Å². The lowest BCUT2D eigenvalue weighted by molar-refractivity contribution is -0.143. The van der Waals surface area contributed by atoms with Gasteiger partial charge in [-0.05, 0) is 32.2 Å². The largest absolute Gasteiger partial charge is 0.480 e. The number of hydrogen-bond donors (Lipinski definition) is 6. The molecule has 9 heteroatoms. The summed E-state index contributed by atoms with van der Waals surface area (Å²) in [5, 5.41) is 36.7. The first-order valence-electron chi connectivity index (χ1n) is 7.32. The van der Waals surface area contributed by atoms with Gasteiger partial charge < -0.3 is 26.2 Å². The Morgan fingerprint density at radius 3 is 2.36 bits per heavy atom. The Kier molecular flexibility index (Phi) is 11.6. The van der Waals surface area contributed by atoms with Gasteiger partial charge in [0.25, 0.3) is 0 Å². The predicted molar refractivity (Wildman–Crippen MR) is 79.0 cm³/mol. The molecule has 1 aliphatic rings. The molecule has 1 fully saturated rings. The van der Waals surface area contributed by atoms with Gasteiger partial charge in [0.15, 0.2) is 0 Å². The summed E-state index contributed by atoms with van der Waals surface area (Å²) in [6.45, 7) is 0.829. The van der Waals surface area contributed by atoms with E-state index < -0.39 is 24.0 Å². The normalized spacial score (nSPS) is 19.3. The van der Waals surface area contributed by atoms with Gasteiger partial charge in [0.1, 0.15) is 12.1 Å². The summed E-state index contributed by atoms with van der Waals surface area (Å²) in [7, 11) is 0. The second kappa shape index (κ2) is 12.3. The number of hydrogen-bond acceptors (Lipinski definition) is 7. The van der Waals surface area contributed by atoms with E-state index in [1.807, 2.05) is 0 Å². The highest BCUT2D eigenvalue weighted by Crippen LogP contribution is 2.15. The van der Waals surface area contributed by atoms with Gasteiger partial charge in [-0.2, -0.15) is 0 Å². The number of nitrogens with one attached hydrogen (secondary N) is 1. The van der Waals surface area contributed by atoms with Crippen LogP contribution in [0.25, 0.3) is 0 Å². The van der Waals surface area contributed by atoms with E-state index >= 15 is 0 Å². The van der Waals surface area contributed by atoms with Crippen molar-refractivity contribution >= 4 is 11.9 Å². The molecule has 1 heterocycles. The van der Waals surface area contributed by atoms with Crippen LogP contribution in [0.4, 0.5) is 0 Å². The maximum Gasteiger partial charge on any atom is 0.320 e. The van der Waals surface area contributed by atoms with Crippen LogP contribution >= 0.6 is 0 Å². The molecule has 9 nitrogen and oxygen atoms in total. The summed E-state index contributed by atoms with van der Waals surface area (Å²) in [4.78, 5) is 22.5. The second-order valence-electron chi connectivity index (χ2n) is 4.99. The van der Waals surface area contributed by atoms with Crippen LogP contribution in [0, 0.1) is 0 Å². The number of aliphatic hydroxyl groups is 2. The Bertz CT molecular complexity index is 329. The topological polar surface area (TPSA) is 156 Å². The number of unbranched alkanes of at least 4 members (excludes halogenated alkanes) is 1. The molecular formula is C13H27N3O6. The number of nitrogens with zero attached hydrogens (tertiary/aromatic N) is 1. The minimum Gasteiger partial charge on any atom is -0.480 e. The van der Waals surface area contributed by atoms with Crippen molar-refractivity contribution in [3.05, 3.63) is 0 Å². The molecule has 1 aliphatic heterocycles. The lowest BCUT2D eigenvalue weighted by Gasteiger charge is -2.16. The van der Waals surface area contributed by atoms with Gasteiger partial charge in [0.05, 0.1) is 13.5 Å². The van der Waals surface area contributed by atoms with Crippen molar-refractivity contribution < 1.29 is 30.0 Å². The third-order valence-corrected chi connectivity index (χ3v) is 3.41. The van der Waals surface area contributed by atoms with E-state index in [1.165, 1.54) is 0 Å². The predicted octanol–water partition coefficient (Wildman–Crippen LogP) is -1.41. The number of carboxylic acids is 2. The molecule has 7 N–H and O–H groups in total. The van der Waals surface area contributed by atoms with Crippen LogP contribution in [-0.4, -0.2) is 75.9 Å². The molecule has 0 saturated carbocycles. The van der Waals surface area contributed by atoms with Gasteiger partial charge in [-0.1, -0.05) is 6.42 Å². The Labute approximate surface area is 129 Å². The van der Waals surface area contributed by atoms with Crippen LogP contribution in [0.2, 0.25) is 0 Å². The summed E-state index contributed by atoms with van der Waals surface area (Å²) in [5.41, 5.74) is 5.25. The zero-order valence-corrected chi connectivity index (χ0v) is 12.6. The van der Waals surface area contributed by atoms with Gasteiger partial charge >= 0.3 is 11.9 Å². The molecule has 0 radical (unpaired) electrons. The number of nitrogens with two attached hydrogens (primary N) is 1. The summed E-state index contributed by atoms with van der Waals surface area (Å²) >= 11 is 0. The van der Waals surface area contributed by atoms with E-state index in [-0.39, 0.29) is 13.5 Å². The van der Waals surface area contributed by atoms with Crippen molar-refractivity contribution in [3.8, 4) is 0 Å². The summed E-state index contributed by atoms with van der Waals surface area (Å²) in [5.74, 6) is -1.76. The minimum absolute atomic E-state index is 0.142. The molecule has 0 spiro atoms. The number of carbonyl (C=O) groups is 2. The molecule has 1 rings (SSSR count). The molecule has 1 saturated heterocycles. The monoisotopic (exact) mass is 321 g/mol. The molecule has 22 heavy (non-hydrogen) atoms. The van der Waals surface area contributed by atoms with Crippen molar-refractivity contribution in [3.63, 3.8) is 0 Å². The average Bonchev–Trinajstić information content (AvgIpc) is 2.96. The number of aliphatic hydroxyl groups excluding tert-OH is 2. The van der Waals surface area contributed by atoms with Gasteiger partial charge in [-0.25, -0.2) is 0 Å². The van der Waals surface area contributed by atoms with E-state index in [9.17, 15) is 9.59 Å². The fraction of sp³-hybridized carbons (Fsp3) is 0.846. The van der Waals surface area contributed by atoms with Gasteiger partial charge in [0, 0.05) is 6.54 Å². The van der Waals surface area contributed by atoms with Crippen LogP contribution in [0.5, 0.6) is 0 Å². The van der Waals surface area contributed by atoms with E-state index in [0.29, 0.717) is 25.9 Å². The zero-order chi connectivity index (χ0) is 17.0. The van der Waals surface area contributed by atoms with Gasteiger partial charge in [-0.3, -0.25) is 19.8 Å². The summed E-state index contributed by atoms with van der Waals surface area (Å²) in [6.07, 6.45) is 3.62. The standard InChI is InChI=1S/C7H16N2O3.C6H11NO3/c8-4-2-1-3-6(7(11)12)9-5-10;8-4-7-3-1-2-5(7)6(9)10/h6,9-10H,1-5,8H2,(H,11,12);5,8H,1-4H2,(H,9,10)/t6-;5-/m00/s1. The van der Waals surface area contributed by atoms with E-state index in [1.54, 1.807) is 4.90 Å². The van der Waals surface area contributed by atoms with Crippen LogP contribution in [0.1, 0.15) is 32.1 Å². The first-order valence-corrected chi connectivity index (χ1v) is 7.32. The molecule has 0 aliphatic carbocycles. The van der Waals surface area contributed by atoms with Crippen LogP contribution in [0.3, 0.4) is 0 Å². The summed E-state index contributed by atoms with van der Waals surface area (Å²) in [6, 6.07) is -1.11. The van der Waals surface area contributed by atoms with E-state index in [2.05, 4.69) is 5.32 Å². The number of likely N-dealkylation sites (tertiary alicyclic amines) is 1. The van der Waals surface area contributed by atoms with Crippen LogP contribution < -0.4 is 11.1 Å². The van der Waals surface area contributed by atoms with Crippen LogP contribution in [-0.2, 0) is 9.59 Å². The molecule has 0 aromatic rings. The Hall–Kier alpha value is -1.26. The molecule has 0 amide bonds. The molecule has 0 unspecified atom stereocenters. The Morgan fingerprint density at radius 1 is 1.27 bits per heavy atom. The second-order valence-corrected chi connectivity index (χ2v) is 4.99. The molecule has 0 bridgehead atoms. The fourth-order valence-electron chi connectivity index (χ4n) is 2.19. The highest BCUT2D eigenvalue weighted by atomic mass is 16.4. The third kappa shape index (κ3) is 8.25. The average molecular weight is 321 g/mol. The fourth-order valence-corrected chi connectivity index (χ4v) is 2.19. The van der Waals surface area contributed by atoms with Gasteiger partial charge in [0.2, 0.25) is 0 Å². The van der Waals surface area contributed by atoms with Crippen molar-refractivity contribution in [1.82, 2.24) is 10.2 Å². The molecular weight excluding hydrogens is 294 g/mol. The molecule has 2 atom stereocenters. The zero-order valence-electron chi connectivity index (χ0n) is 12.6. The maximum absolute atomic E-state index is 10.5. The Balaban J connectivity index is 0.000000406. The van der Waals surface area contributed by atoms with E-state index in [0.717, 1.165) is 19.3 Å². The van der Waals surface area contributed by atoms with Crippen molar-refractivity contribution in [1.29, 1.82) is 0 Å². The third-order valence-electron chi connectivity index (χ3n) is 3.41. The quantitative estimate of drug-likeness (QED) is 0.222. The van der Waals surface area contributed by atoms with Crippen molar-refractivity contribution in [2.75, 3.05) is 26.6 Å². The molecule has 0 aromatic carbocycles. The SMILES string of the molecule is NCCCC[C@H](NCO)C(=O)O.O=C(O)[C@@H]1CCCN1CO. The highest BCUT2D eigenvalue weighted by Gasteiger charge is 2.29. The number of aliphatic carboxylic acids is 2. The molecule has 0 aromatic heterocycles. The summed E-state index contributed by atoms with van der Waals surface area (Å²) < 4.78 is 0. The smallest absolute Gasteiger partial charge is 0.320 e. The lowest BCUT2D eigenvalue weighted by Crippen LogP contribution is -2.37. The lowest BCUT2D eigenvalue weighted by atomic mass is 10.1. The first kappa shape index (κ1) is 20.7. The number of rotatable bonds is 9. The first-order chi connectivity index (χ1) is 10.5. The maximum atomic E-state index is 10.5. The minimum atomic E-state index is -0.930. The van der Waals surface area contributed by atoms with E-state index in [4.69, 9.17) is 26.2 Å². The van der Waals surface area contributed by atoms with Gasteiger partial charge in [-0.15, -0.1) is 0 Å². The van der Waals surface area contributed by atoms with Crippen molar-refractivity contribution in [2.45, 2.75) is 44.2 Å². The highest BCUT2D eigenvalue weighted by molar-refractivity contribution is 5.73. The Morgan fingerprint density at radius 2 is 1.95 bits per heavy atom. The van der Waals surface area contributed by atoms with Crippen molar-refractivity contribution in [2.24, 2.45) is 5.73 Å². The molecule has 130 valence electrons. The number of carboxylic acid groups (broad SMARTS) is 2.